The first-order valence-corrected chi connectivity index (χ1v) is 13.1. The van der Waals surface area contributed by atoms with E-state index in [0.717, 1.165) is 16.8 Å². The Hall–Kier alpha value is -3.46. The lowest BCUT2D eigenvalue weighted by Gasteiger charge is -2.37. The second-order valence-electron chi connectivity index (χ2n) is 9.09. The van der Waals surface area contributed by atoms with Gasteiger partial charge in [-0.1, -0.05) is 6.07 Å². The minimum absolute atomic E-state index is 0.0382. The summed E-state index contributed by atoms with van der Waals surface area (Å²) >= 11 is 3.56. The van der Waals surface area contributed by atoms with Crippen LogP contribution >= 0.6 is 15.9 Å². The highest BCUT2D eigenvalue weighted by atomic mass is 79.9. The molecule has 2 aromatic rings. The molecule has 2 aromatic carbocycles. The van der Waals surface area contributed by atoms with E-state index in [1.54, 1.807) is 35.4 Å². The van der Waals surface area contributed by atoms with Crippen LogP contribution in [0.5, 0.6) is 23.0 Å². The van der Waals surface area contributed by atoms with Gasteiger partial charge in [0, 0.05) is 29.3 Å². The van der Waals surface area contributed by atoms with Gasteiger partial charge in [0.1, 0.15) is 0 Å². The number of nitrogens with one attached hydrogen (secondary N) is 1. The lowest BCUT2D eigenvalue weighted by atomic mass is 9.71. The van der Waals surface area contributed by atoms with Gasteiger partial charge in [0.05, 0.1) is 45.1 Å². The van der Waals surface area contributed by atoms with E-state index >= 15 is 0 Å². The highest BCUT2D eigenvalue weighted by Gasteiger charge is 2.42. The van der Waals surface area contributed by atoms with Crippen molar-refractivity contribution in [2.45, 2.75) is 38.5 Å². The van der Waals surface area contributed by atoms with Crippen LogP contribution in [-0.2, 0) is 14.3 Å². The predicted molar refractivity (Wildman–Crippen MR) is 146 cm³/mol. The standard InChI is InChI=1S/C29H32BrNO7/c1-7-38-29(33)25-15(2)31-20-11-17(16-8-9-22(34-3)23(13-16)35-4)12-21(32)27(20)26(25)18-10-19(30)28(37-6)24(14-18)36-5/h8-10,13-14,17,26,31H,7,11-12H2,1-6H3/t17-,26+/m0/s1. The number of ketones is 1. The first kappa shape index (κ1) is 27.6. The molecule has 1 heterocycles. The Morgan fingerprint density at radius 2 is 1.63 bits per heavy atom. The van der Waals surface area contributed by atoms with Gasteiger partial charge >= 0.3 is 5.97 Å². The summed E-state index contributed by atoms with van der Waals surface area (Å²) < 4.78 is 28.0. The number of ether oxygens (including phenoxy) is 5. The minimum Gasteiger partial charge on any atom is -0.493 e. The number of Topliss-reactive ketones (excluding diaryl/α,β-unsaturated/α-hetero) is 1. The van der Waals surface area contributed by atoms with Crippen molar-refractivity contribution in [3.8, 4) is 23.0 Å². The lowest BCUT2D eigenvalue weighted by molar-refractivity contribution is -0.138. The van der Waals surface area contributed by atoms with Gasteiger partial charge in [0.25, 0.3) is 0 Å². The van der Waals surface area contributed by atoms with Gasteiger partial charge in [-0.05, 0) is 77.5 Å². The third-order valence-corrected chi connectivity index (χ3v) is 7.58. The first-order chi connectivity index (χ1) is 18.3. The van der Waals surface area contributed by atoms with Crippen molar-refractivity contribution in [3.63, 3.8) is 0 Å². The van der Waals surface area contributed by atoms with Crippen molar-refractivity contribution in [1.82, 2.24) is 5.32 Å². The van der Waals surface area contributed by atoms with Gasteiger partial charge in [-0.2, -0.15) is 0 Å². The fourth-order valence-corrected chi connectivity index (χ4v) is 5.92. The zero-order valence-corrected chi connectivity index (χ0v) is 24.0. The number of benzene rings is 2. The molecule has 0 saturated heterocycles. The highest BCUT2D eigenvalue weighted by molar-refractivity contribution is 9.10. The van der Waals surface area contributed by atoms with E-state index in [-0.39, 0.29) is 24.7 Å². The van der Waals surface area contributed by atoms with Crippen LogP contribution in [0.3, 0.4) is 0 Å². The van der Waals surface area contributed by atoms with Crippen molar-refractivity contribution in [3.05, 3.63) is 68.5 Å². The number of halogens is 1. The van der Waals surface area contributed by atoms with Gasteiger partial charge in [0.15, 0.2) is 28.8 Å². The number of hydrogen-bond acceptors (Lipinski definition) is 8. The molecule has 0 saturated carbocycles. The molecular formula is C29H32BrNO7. The van der Waals surface area contributed by atoms with Crippen LogP contribution in [-0.4, -0.2) is 46.8 Å². The maximum atomic E-state index is 13.9. The minimum atomic E-state index is -0.625. The molecule has 0 spiro atoms. The fraction of sp³-hybridized carbons (Fsp3) is 0.379. The molecule has 0 unspecified atom stereocenters. The monoisotopic (exact) mass is 585 g/mol. The Balaban J connectivity index is 1.84. The smallest absolute Gasteiger partial charge is 0.336 e. The normalized spacial score (nSPS) is 19.0. The summed E-state index contributed by atoms with van der Waals surface area (Å²) in [5.74, 6) is 1.07. The average molecular weight is 586 g/mol. The number of methoxy groups -OCH3 is 4. The van der Waals surface area contributed by atoms with Crippen LogP contribution < -0.4 is 24.3 Å². The molecule has 1 aliphatic heterocycles. The van der Waals surface area contributed by atoms with Crippen molar-refractivity contribution < 1.29 is 33.3 Å². The fourth-order valence-electron chi connectivity index (χ4n) is 5.30. The molecule has 0 amide bonds. The highest BCUT2D eigenvalue weighted by Crippen LogP contribution is 2.49. The van der Waals surface area contributed by atoms with Gasteiger partial charge < -0.3 is 29.0 Å². The Labute approximate surface area is 231 Å². The Morgan fingerprint density at radius 3 is 2.26 bits per heavy atom. The molecular weight excluding hydrogens is 554 g/mol. The van der Waals surface area contributed by atoms with Crippen molar-refractivity contribution >= 4 is 27.7 Å². The van der Waals surface area contributed by atoms with E-state index in [9.17, 15) is 9.59 Å². The second-order valence-corrected chi connectivity index (χ2v) is 9.94. The predicted octanol–water partition coefficient (Wildman–Crippen LogP) is 5.41. The summed E-state index contributed by atoms with van der Waals surface area (Å²) in [5, 5.41) is 3.37. The van der Waals surface area contributed by atoms with E-state index in [1.165, 1.54) is 0 Å². The average Bonchev–Trinajstić information content (AvgIpc) is 2.91. The zero-order valence-electron chi connectivity index (χ0n) is 22.4. The quantitative estimate of drug-likeness (QED) is 0.411. The SMILES string of the molecule is CCOC(=O)C1=C(C)NC2=C(C(=O)C[C@@H](c3ccc(OC)c(OC)c3)C2)[C@@H]1c1cc(Br)c(OC)c(OC)c1. The van der Waals surface area contributed by atoms with Gasteiger partial charge in [-0.15, -0.1) is 0 Å². The van der Waals surface area contributed by atoms with Crippen LogP contribution in [0.1, 0.15) is 49.7 Å². The van der Waals surface area contributed by atoms with Crippen LogP contribution in [0.15, 0.2) is 57.3 Å². The Morgan fingerprint density at radius 1 is 0.947 bits per heavy atom. The summed E-state index contributed by atoms with van der Waals surface area (Å²) in [7, 11) is 6.29. The maximum absolute atomic E-state index is 13.9. The van der Waals surface area contributed by atoms with E-state index in [4.69, 9.17) is 23.7 Å². The van der Waals surface area contributed by atoms with Crippen molar-refractivity contribution in [1.29, 1.82) is 0 Å². The molecule has 4 rings (SSSR count). The third-order valence-electron chi connectivity index (χ3n) is 6.99. The van der Waals surface area contributed by atoms with Crippen LogP contribution in [0.25, 0.3) is 0 Å². The van der Waals surface area contributed by atoms with E-state index < -0.39 is 11.9 Å². The number of dihydropyridines is 1. The van der Waals surface area contributed by atoms with Crippen molar-refractivity contribution in [2.24, 2.45) is 0 Å². The van der Waals surface area contributed by atoms with E-state index in [0.29, 0.717) is 50.7 Å². The van der Waals surface area contributed by atoms with Gasteiger partial charge in [-0.3, -0.25) is 4.79 Å². The zero-order chi connectivity index (χ0) is 27.6. The van der Waals surface area contributed by atoms with E-state index in [1.807, 2.05) is 37.3 Å². The Bertz CT molecular complexity index is 1330. The summed E-state index contributed by atoms with van der Waals surface area (Å²) in [6.07, 6.45) is 0.880. The molecule has 0 fully saturated rings. The summed E-state index contributed by atoms with van der Waals surface area (Å²) in [6, 6.07) is 9.40. The summed E-state index contributed by atoms with van der Waals surface area (Å²) in [6.45, 7) is 3.82. The first-order valence-electron chi connectivity index (χ1n) is 12.3. The molecule has 0 aromatic heterocycles. The second kappa shape index (κ2) is 11.5. The number of esters is 1. The third kappa shape index (κ3) is 4.99. The van der Waals surface area contributed by atoms with Crippen LogP contribution in [0, 0.1) is 0 Å². The molecule has 8 nitrogen and oxygen atoms in total. The molecule has 38 heavy (non-hydrogen) atoms. The molecule has 1 aliphatic carbocycles. The lowest BCUT2D eigenvalue weighted by Crippen LogP contribution is -2.36. The number of carbonyl (C=O) groups excluding carboxylic acids is 2. The molecule has 1 N–H and O–H groups in total. The van der Waals surface area contributed by atoms with Crippen molar-refractivity contribution in [2.75, 3.05) is 35.0 Å². The van der Waals surface area contributed by atoms with Gasteiger partial charge in [-0.25, -0.2) is 4.79 Å². The number of hydrogen-bond donors (Lipinski definition) is 1. The molecule has 0 radical (unpaired) electrons. The molecule has 9 heteroatoms. The number of carbonyl (C=O) groups is 2. The molecule has 0 bridgehead atoms. The molecule has 2 atom stereocenters. The maximum Gasteiger partial charge on any atom is 0.336 e. The van der Waals surface area contributed by atoms with Crippen LogP contribution in [0.4, 0.5) is 0 Å². The summed E-state index contributed by atoms with van der Waals surface area (Å²) in [5.41, 5.74) is 4.12. The topological polar surface area (TPSA) is 92.3 Å². The largest absolute Gasteiger partial charge is 0.493 e. The summed E-state index contributed by atoms with van der Waals surface area (Å²) in [4.78, 5) is 27.1. The molecule has 202 valence electrons. The number of allylic oxidation sites excluding steroid dienone is 3. The van der Waals surface area contributed by atoms with Crippen LogP contribution in [0.2, 0.25) is 0 Å². The van der Waals surface area contributed by atoms with E-state index in [2.05, 4.69) is 21.2 Å². The van der Waals surface area contributed by atoms with Gasteiger partial charge in [0.2, 0.25) is 0 Å². The molecule has 2 aliphatic rings. The number of rotatable bonds is 8. The Kier molecular flexibility index (Phi) is 8.35.